The van der Waals surface area contributed by atoms with E-state index >= 15 is 0 Å². The van der Waals surface area contributed by atoms with Crippen molar-refractivity contribution in [3.63, 3.8) is 0 Å². The average molecular weight is 263 g/mol. The number of carboxylic acid groups (broad SMARTS) is 1. The molecule has 105 valence electrons. The van der Waals surface area contributed by atoms with Gasteiger partial charge in [-0.2, -0.15) is 0 Å². The van der Waals surface area contributed by atoms with Gasteiger partial charge in [-0.3, -0.25) is 0 Å². The molecule has 0 N–H and O–H groups in total. The average Bonchev–Trinajstić information content (AvgIpc) is 2.28. The van der Waals surface area contributed by atoms with Crippen molar-refractivity contribution in [1.82, 2.24) is 5.06 Å². The predicted molar refractivity (Wildman–Crippen MR) is 70.2 cm³/mol. The number of hydrogen-bond donors (Lipinski definition) is 0. The molecule has 0 saturated heterocycles. The summed E-state index contributed by atoms with van der Waals surface area (Å²) >= 11 is 0. The zero-order chi connectivity index (χ0) is 14.6. The van der Waals surface area contributed by atoms with Crippen molar-refractivity contribution in [3.05, 3.63) is 35.9 Å². The molecule has 1 unspecified atom stereocenters. The zero-order valence-corrected chi connectivity index (χ0v) is 11.9. The highest BCUT2D eigenvalue weighted by Gasteiger charge is 2.35. The molecule has 4 heteroatoms. The van der Waals surface area contributed by atoms with Gasteiger partial charge in [-0.25, -0.2) is 0 Å². The monoisotopic (exact) mass is 263 g/mol. The Bertz CT molecular complexity index is 415. The van der Waals surface area contributed by atoms with E-state index in [1.165, 1.54) is 0 Å². The lowest BCUT2D eigenvalue weighted by Crippen LogP contribution is -2.48. The summed E-state index contributed by atoms with van der Waals surface area (Å²) in [6, 6.07) is 9.07. The van der Waals surface area contributed by atoms with Gasteiger partial charge in [-0.1, -0.05) is 44.2 Å². The van der Waals surface area contributed by atoms with E-state index in [0.717, 1.165) is 10.6 Å². The van der Waals surface area contributed by atoms with Gasteiger partial charge in [0.2, 0.25) is 0 Å². The molecule has 0 bridgehead atoms. The summed E-state index contributed by atoms with van der Waals surface area (Å²) in [4.78, 5) is 10.8. The Hall–Kier alpha value is -1.39. The Labute approximate surface area is 114 Å². The molecule has 1 radical (unpaired) electrons. The summed E-state index contributed by atoms with van der Waals surface area (Å²) in [7, 11) is 0. The lowest BCUT2D eigenvalue weighted by Gasteiger charge is -2.39. The fourth-order valence-corrected chi connectivity index (χ4v) is 2.25. The van der Waals surface area contributed by atoms with E-state index in [2.05, 4.69) is 0 Å². The second-order valence-corrected chi connectivity index (χ2v) is 5.79. The van der Waals surface area contributed by atoms with E-state index in [1.807, 2.05) is 44.2 Å². The Morgan fingerprint density at radius 3 is 2.21 bits per heavy atom. The first-order chi connectivity index (χ1) is 8.75. The van der Waals surface area contributed by atoms with Gasteiger partial charge in [0.25, 0.3) is 0 Å². The molecule has 4 nitrogen and oxygen atoms in total. The Kier molecular flexibility index (Phi) is 5.09. The highest BCUT2D eigenvalue weighted by molar-refractivity contribution is 5.65. The van der Waals surface area contributed by atoms with E-state index in [0.29, 0.717) is 0 Å². The number of aliphatic carboxylic acids is 1. The van der Waals surface area contributed by atoms with Gasteiger partial charge >= 0.3 is 0 Å². The molecule has 0 aliphatic heterocycles. The lowest BCUT2D eigenvalue weighted by molar-refractivity contribution is -0.316. The van der Waals surface area contributed by atoms with Gasteiger partial charge in [0.05, 0.1) is 6.04 Å². The van der Waals surface area contributed by atoms with Crippen LogP contribution in [0.3, 0.4) is 0 Å². The third kappa shape index (κ3) is 4.04. The summed E-state index contributed by atoms with van der Waals surface area (Å²) in [5.74, 6) is -1.12. The van der Waals surface area contributed by atoms with Crippen LogP contribution in [0.1, 0.15) is 45.7 Å². The normalized spacial score (nSPS) is 13.8. The van der Waals surface area contributed by atoms with Crippen LogP contribution >= 0.6 is 0 Å². The van der Waals surface area contributed by atoms with Crippen LogP contribution < -0.4 is 5.11 Å². The molecular weight excluding hydrogens is 242 g/mol. The number of carbonyl (C=O) groups excluding carboxylic acids is 1. The van der Waals surface area contributed by atoms with Crippen LogP contribution in [-0.2, 0) is 10.0 Å². The number of hydroxylamine groups is 2. The van der Waals surface area contributed by atoms with Gasteiger partial charge in [-0.15, -0.1) is 10.3 Å². The molecule has 1 atom stereocenters. The van der Waals surface area contributed by atoms with Crippen LogP contribution in [0.5, 0.6) is 0 Å². The molecule has 1 aromatic rings. The predicted octanol–water partition coefficient (Wildman–Crippen LogP) is 1.95. The van der Waals surface area contributed by atoms with Gasteiger partial charge in [0, 0.05) is 17.9 Å². The van der Waals surface area contributed by atoms with E-state index in [1.54, 1.807) is 13.8 Å². The fraction of sp³-hybridized carbons (Fsp3) is 0.533. The van der Waals surface area contributed by atoms with E-state index in [-0.39, 0.29) is 18.4 Å². The number of rotatable bonds is 6. The number of nitrogens with zero attached hydrogens (tertiary/aromatic N) is 1. The van der Waals surface area contributed by atoms with Crippen molar-refractivity contribution in [2.75, 3.05) is 0 Å². The van der Waals surface area contributed by atoms with Crippen molar-refractivity contribution in [2.24, 2.45) is 5.92 Å². The zero-order valence-electron chi connectivity index (χ0n) is 11.9. The molecule has 1 aromatic carbocycles. The second-order valence-electron chi connectivity index (χ2n) is 5.79. The quantitative estimate of drug-likeness (QED) is 0.737. The molecule has 0 aromatic heterocycles. The minimum atomic E-state index is -1.21. The number of carboxylic acids is 1. The SMILES string of the molecule is CC(C)C(c1ccccc1)N([O])C(C)(C)CC(=O)[O-]. The smallest absolute Gasteiger partial charge is 0.0661 e. The third-order valence-corrected chi connectivity index (χ3v) is 3.20. The van der Waals surface area contributed by atoms with Crippen LogP contribution in [0, 0.1) is 5.92 Å². The molecule has 0 amide bonds. The van der Waals surface area contributed by atoms with Crippen LogP contribution in [-0.4, -0.2) is 16.6 Å². The molecule has 0 aliphatic rings. The maximum absolute atomic E-state index is 12.6. The molecular formula is C15H21NO3-. The van der Waals surface area contributed by atoms with Crippen LogP contribution in [0.25, 0.3) is 0 Å². The molecule has 0 aliphatic carbocycles. The van der Waals surface area contributed by atoms with E-state index in [9.17, 15) is 15.1 Å². The van der Waals surface area contributed by atoms with Gasteiger partial charge in [0.15, 0.2) is 0 Å². The van der Waals surface area contributed by atoms with Crippen molar-refractivity contribution >= 4 is 5.97 Å². The number of benzene rings is 1. The van der Waals surface area contributed by atoms with Crippen molar-refractivity contribution in [1.29, 1.82) is 0 Å². The summed E-state index contributed by atoms with van der Waals surface area (Å²) in [6.07, 6.45) is -0.285. The summed E-state index contributed by atoms with van der Waals surface area (Å²) in [5.41, 5.74) is -0.0946. The molecule has 0 heterocycles. The van der Waals surface area contributed by atoms with Crippen LogP contribution in [0.2, 0.25) is 0 Å². The number of hydrogen-bond acceptors (Lipinski definition) is 3. The minimum Gasteiger partial charge on any atom is -0.550 e. The first-order valence-electron chi connectivity index (χ1n) is 6.47. The topological polar surface area (TPSA) is 63.3 Å². The molecule has 0 spiro atoms. The van der Waals surface area contributed by atoms with Crippen molar-refractivity contribution < 1.29 is 15.1 Å². The second kappa shape index (κ2) is 6.17. The van der Waals surface area contributed by atoms with Crippen molar-refractivity contribution in [2.45, 2.75) is 45.7 Å². The van der Waals surface area contributed by atoms with Crippen LogP contribution in [0.4, 0.5) is 0 Å². The molecule has 1 rings (SSSR count). The maximum Gasteiger partial charge on any atom is 0.0661 e. The largest absolute Gasteiger partial charge is 0.550 e. The first-order valence-corrected chi connectivity index (χ1v) is 6.47. The Morgan fingerprint density at radius 1 is 1.26 bits per heavy atom. The van der Waals surface area contributed by atoms with E-state index < -0.39 is 11.5 Å². The lowest BCUT2D eigenvalue weighted by atomic mass is 9.90. The van der Waals surface area contributed by atoms with Gasteiger partial charge in [0.1, 0.15) is 0 Å². The minimum absolute atomic E-state index is 0.0842. The highest BCUT2D eigenvalue weighted by atomic mass is 16.5. The Morgan fingerprint density at radius 2 is 1.79 bits per heavy atom. The van der Waals surface area contributed by atoms with E-state index in [4.69, 9.17) is 0 Å². The van der Waals surface area contributed by atoms with Gasteiger partial charge in [-0.05, 0) is 25.3 Å². The number of carbonyl (C=O) groups is 1. The molecule has 19 heavy (non-hydrogen) atoms. The highest BCUT2D eigenvalue weighted by Crippen LogP contribution is 2.33. The molecule has 0 fully saturated rings. The maximum atomic E-state index is 12.6. The van der Waals surface area contributed by atoms with Gasteiger partial charge < -0.3 is 9.90 Å². The summed E-state index contributed by atoms with van der Waals surface area (Å²) in [6.45, 7) is 7.18. The first kappa shape index (κ1) is 15.7. The molecule has 0 saturated carbocycles. The summed E-state index contributed by atoms with van der Waals surface area (Å²) < 4.78 is 0. The summed E-state index contributed by atoms with van der Waals surface area (Å²) in [5, 5.41) is 24.2. The Balaban J connectivity index is 3.03. The standard InChI is InChI=1S/C15H22NO3/c1-11(2)14(12-8-6-5-7-9-12)16(19)15(3,4)10-13(17)18/h5-9,11,14H,10H2,1-4H3,(H,17,18)/p-1. The third-order valence-electron chi connectivity index (χ3n) is 3.20. The fourth-order valence-electron chi connectivity index (χ4n) is 2.25. The van der Waals surface area contributed by atoms with Crippen molar-refractivity contribution in [3.8, 4) is 0 Å². The van der Waals surface area contributed by atoms with Crippen LogP contribution in [0.15, 0.2) is 30.3 Å².